The van der Waals surface area contributed by atoms with Crippen molar-refractivity contribution >= 4 is 17.2 Å². The van der Waals surface area contributed by atoms with Crippen LogP contribution in [0.4, 0.5) is 0 Å². The number of rotatable bonds is 8. The summed E-state index contributed by atoms with van der Waals surface area (Å²) in [6, 6.07) is 3.97. The molecule has 0 aliphatic heterocycles. The number of carbonyl (C=O) groups is 1. The lowest BCUT2D eigenvalue weighted by molar-refractivity contribution is -0.127. The summed E-state index contributed by atoms with van der Waals surface area (Å²) in [4.78, 5) is 17.1. The maximum absolute atomic E-state index is 11.7. The van der Waals surface area contributed by atoms with Crippen molar-refractivity contribution in [3.05, 3.63) is 23.4 Å². The van der Waals surface area contributed by atoms with Crippen LogP contribution < -0.4 is 5.32 Å². The highest BCUT2D eigenvalue weighted by atomic mass is 32.1. The second-order valence-corrected chi connectivity index (χ2v) is 6.67. The minimum absolute atomic E-state index is 0.240. The number of aromatic nitrogens is 2. The van der Waals surface area contributed by atoms with E-state index in [4.69, 9.17) is 4.52 Å². The van der Waals surface area contributed by atoms with Crippen LogP contribution in [-0.4, -0.2) is 22.6 Å². The van der Waals surface area contributed by atoms with E-state index in [9.17, 15) is 4.79 Å². The molecule has 22 heavy (non-hydrogen) atoms. The molecular weight excluding hydrogens is 298 g/mol. The van der Waals surface area contributed by atoms with Crippen LogP contribution in [0.5, 0.6) is 0 Å². The highest BCUT2D eigenvalue weighted by Gasteiger charge is 2.24. The molecule has 1 aliphatic rings. The maximum Gasteiger partial charge on any atom is 0.226 e. The summed E-state index contributed by atoms with van der Waals surface area (Å²) in [5.74, 6) is 1.90. The molecule has 0 atom stereocenters. The highest BCUT2D eigenvalue weighted by molar-refractivity contribution is 7.13. The fraction of sp³-hybridized carbons (Fsp3) is 0.562. The molecule has 2 heterocycles. The van der Waals surface area contributed by atoms with E-state index in [2.05, 4.69) is 15.5 Å². The van der Waals surface area contributed by atoms with Crippen molar-refractivity contribution in [2.24, 2.45) is 5.92 Å². The van der Waals surface area contributed by atoms with Gasteiger partial charge in [-0.2, -0.15) is 4.98 Å². The SMILES string of the molecule is O=C(NCCCCCc1nc(-c2cccs2)no1)C1CCC1. The molecule has 1 saturated carbocycles. The zero-order valence-electron chi connectivity index (χ0n) is 12.6. The van der Waals surface area contributed by atoms with E-state index in [1.165, 1.54) is 6.42 Å². The topological polar surface area (TPSA) is 68.0 Å². The number of thiophene rings is 1. The van der Waals surface area contributed by atoms with Gasteiger partial charge in [0.1, 0.15) is 0 Å². The number of amides is 1. The summed E-state index contributed by atoms with van der Waals surface area (Å²) in [5, 5.41) is 9.02. The number of carbonyl (C=O) groups excluding carboxylic acids is 1. The first-order valence-corrected chi connectivity index (χ1v) is 8.85. The largest absolute Gasteiger partial charge is 0.356 e. The number of nitrogens with zero attached hydrogens (tertiary/aromatic N) is 2. The average molecular weight is 319 g/mol. The van der Waals surface area contributed by atoms with Crippen LogP contribution in [0.3, 0.4) is 0 Å². The van der Waals surface area contributed by atoms with Gasteiger partial charge in [-0.15, -0.1) is 11.3 Å². The third kappa shape index (κ3) is 3.94. The van der Waals surface area contributed by atoms with Crippen molar-refractivity contribution in [3.8, 4) is 10.7 Å². The van der Waals surface area contributed by atoms with Gasteiger partial charge < -0.3 is 9.84 Å². The summed E-state index contributed by atoms with van der Waals surface area (Å²) in [6.07, 6.45) is 7.20. The van der Waals surface area contributed by atoms with Gasteiger partial charge in [0.25, 0.3) is 0 Å². The van der Waals surface area contributed by atoms with Crippen LogP contribution in [-0.2, 0) is 11.2 Å². The van der Waals surface area contributed by atoms with Crippen molar-refractivity contribution < 1.29 is 9.32 Å². The predicted octanol–water partition coefficient (Wildman–Crippen LogP) is 3.43. The van der Waals surface area contributed by atoms with Crippen LogP contribution >= 0.6 is 11.3 Å². The van der Waals surface area contributed by atoms with E-state index in [1.54, 1.807) is 11.3 Å². The van der Waals surface area contributed by atoms with E-state index < -0.39 is 0 Å². The Balaban J connectivity index is 1.29. The minimum Gasteiger partial charge on any atom is -0.356 e. The normalized spacial score (nSPS) is 14.7. The van der Waals surface area contributed by atoms with E-state index >= 15 is 0 Å². The second kappa shape index (κ2) is 7.54. The van der Waals surface area contributed by atoms with Crippen LogP contribution in [0.1, 0.15) is 44.4 Å². The van der Waals surface area contributed by atoms with Gasteiger partial charge in [-0.25, -0.2) is 0 Å². The zero-order chi connectivity index (χ0) is 15.2. The molecule has 1 fully saturated rings. The molecule has 118 valence electrons. The van der Waals surface area contributed by atoms with Crippen LogP contribution in [0, 0.1) is 5.92 Å². The Kier molecular flexibility index (Phi) is 5.21. The van der Waals surface area contributed by atoms with Gasteiger partial charge in [-0.05, 0) is 37.1 Å². The first kappa shape index (κ1) is 15.2. The molecule has 0 radical (unpaired) electrons. The fourth-order valence-electron chi connectivity index (χ4n) is 2.47. The first-order chi connectivity index (χ1) is 10.8. The number of nitrogens with one attached hydrogen (secondary N) is 1. The Hall–Kier alpha value is -1.69. The molecule has 0 bridgehead atoms. The smallest absolute Gasteiger partial charge is 0.226 e. The Labute approximate surface area is 134 Å². The summed E-state index contributed by atoms with van der Waals surface area (Å²) in [7, 11) is 0. The predicted molar refractivity (Wildman–Crippen MR) is 85.5 cm³/mol. The number of hydrogen-bond acceptors (Lipinski definition) is 5. The van der Waals surface area contributed by atoms with E-state index in [0.29, 0.717) is 11.7 Å². The van der Waals surface area contributed by atoms with Crippen molar-refractivity contribution in [1.82, 2.24) is 15.5 Å². The monoisotopic (exact) mass is 319 g/mol. The quantitative estimate of drug-likeness (QED) is 0.757. The Bertz CT molecular complexity index is 590. The van der Waals surface area contributed by atoms with E-state index in [1.807, 2.05) is 17.5 Å². The van der Waals surface area contributed by atoms with Crippen LogP contribution in [0.15, 0.2) is 22.0 Å². The lowest BCUT2D eigenvalue weighted by Crippen LogP contribution is -2.34. The van der Waals surface area contributed by atoms with Gasteiger partial charge >= 0.3 is 0 Å². The van der Waals surface area contributed by atoms with Gasteiger partial charge in [0.15, 0.2) is 0 Å². The lowest BCUT2D eigenvalue weighted by atomic mass is 9.85. The average Bonchev–Trinajstić information content (AvgIpc) is 3.11. The first-order valence-electron chi connectivity index (χ1n) is 7.97. The van der Waals surface area contributed by atoms with Crippen molar-refractivity contribution in [3.63, 3.8) is 0 Å². The highest BCUT2D eigenvalue weighted by Crippen LogP contribution is 2.26. The van der Waals surface area contributed by atoms with E-state index in [0.717, 1.165) is 49.9 Å². The van der Waals surface area contributed by atoms with Crippen molar-refractivity contribution in [1.29, 1.82) is 0 Å². The molecule has 0 aromatic carbocycles. The van der Waals surface area contributed by atoms with Crippen molar-refractivity contribution in [2.75, 3.05) is 6.54 Å². The van der Waals surface area contributed by atoms with Gasteiger partial charge in [0, 0.05) is 18.9 Å². The van der Waals surface area contributed by atoms with Crippen LogP contribution in [0.25, 0.3) is 10.7 Å². The zero-order valence-corrected chi connectivity index (χ0v) is 13.4. The molecule has 1 aliphatic carbocycles. The third-order valence-corrected chi connectivity index (χ3v) is 4.92. The van der Waals surface area contributed by atoms with Gasteiger partial charge in [0.05, 0.1) is 4.88 Å². The number of hydrogen-bond donors (Lipinski definition) is 1. The van der Waals surface area contributed by atoms with Gasteiger partial charge in [-0.1, -0.05) is 24.1 Å². The summed E-state index contributed by atoms with van der Waals surface area (Å²) < 4.78 is 5.26. The molecule has 1 amide bonds. The summed E-state index contributed by atoms with van der Waals surface area (Å²) >= 11 is 1.61. The molecule has 0 saturated heterocycles. The molecule has 5 nitrogen and oxygen atoms in total. The Morgan fingerprint density at radius 1 is 1.36 bits per heavy atom. The standard InChI is InChI=1S/C16H21N3O2S/c20-16(12-6-4-7-12)17-10-3-1-2-9-14-18-15(19-21-14)13-8-5-11-22-13/h5,8,11-12H,1-4,6-7,9-10H2,(H,17,20). The molecule has 0 spiro atoms. The molecule has 6 heteroatoms. The van der Waals surface area contributed by atoms with Gasteiger partial charge in [0.2, 0.25) is 17.6 Å². The van der Waals surface area contributed by atoms with Gasteiger partial charge in [-0.3, -0.25) is 4.79 Å². The molecule has 1 N–H and O–H groups in total. The van der Waals surface area contributed by atoms with Crippen LogP contribution in [0.2, 0.25) is 0 Å². The Morgan fingerprint density at radius 3 is 3.00 bits per heavy atom. The number of aryl methyl sites for hydroxylation is 1. The maximum atomic E-state index is 11.7. The molecule has 3 rings (SSSR count). The van der Waals surface area contributed by atoms with Crippen molar-refractivity contribution in [2.45, 2.75) is 44.9 Å². The van der Waals surface area contributed by atoms with E-state index in [-0.39, 0.29) is 11.8 Å². The third-order valence-electron chi connectivity index (χ3n) is 4.05. The molecule has 2 aromatic rings. The minimum atomic E-state index is 0.240. The molecule has 0 unspecified atom stereocenters. The summed E-state index contributed by atoms with van der Waals surface area (Å²) in [5.41, 5.74) is 0. The lowest BCUT2D eigenvalue weighted by Gasteiger charge is -2.23. The number of unbranched alkanes of at least 4 members (excludes halogenated alkanes) is 2. The molecular formula is C16H21N3O2S. The summed E-state index contributed by atoms with van der Waals surface area (Å²) in [6.45, 7) is 0.777. The molecule has 2 aromatic heterocycles. The Morgan fingerprint density at radius 2 is 2.27 bits per heavy atom. The fourth-order valence-corrected chi connectivity index (χ4v) is 3.12. The second-order valence-electron chi connectivity index (χ2n) is 5.72.